The quantitative estimate of drug-likeness (QED) is 0.117. The van der Waals surface area contributed by atoms with E-state index in [9.17, 15) is 55.9 Å². The van der Waals surface area contributed by atoms with E-state index in [0.29, 0.717) is 5.56 Å². The van der Waals surface area contributed by atoms with Crippen LogP contribution in [-0.2, 0) is 23.7 Å². The summed E-state index contributed by atoms with van der Waals surface area (Å²) in [6.07, 6.45) is -23.4. The molecule has 3 aliphatic heterocycles. The monoisotopic (exact) mass is 724 g/mol. The van der Waals surface area contributed by atoms with E-state index in [1.807, 2.05) is 0 Å². The number of aromatic hydroxyl groups is 2. The topological polar surface area (TPSA) is 288 Å². The minimum absolute atomic E-state index is 0.0184. The first kappa shape index (κ1) is 37.3. The number of phenols is 2. The molecule has 280 valence electrons. The zero-order valence-electron chi connectivity index (χ0n) is 27.1. The minimum Gasteiger partial charge on any atom is -0.508 e. The van der Waals surface area contributed by atoms with Crippen molar-refractivity contribution >= 4 is 11.0 Å². The summed E-state index contributed by atoms with van der Waals surface area (Å²) in [5.74, 6) is -0.682. The number of ether oxygens (including phenoxy) is 6. The third-order valence-corrected chi connectivity index (χ3v) is 9.16. The van der Waals surface area contributed by atoms with Gasteiger partial charge in [-0.25, -0.2) is 0 Å². The van der Waals surface area contributed by atoms with E-state index in [1.165, 1.54) is 44.2 Å². The first-order chi connectivity index (χ1) is 24.1. The number of rotatable bonds is 8. The molecule has 51 heavy (non-hydrogen) atoms. The van der Waals surface area contributed by atoms with Crippen molar-refractivity contribution in [1.29, 1.82) is 0 Å². The minimum atomic E-state index is -1.89. The van der Waals surface area contributed by atoms with Gasteiger partial charge in [0.2, 0.25) is 6.29 Å². The van der Waals surface area contributed by atoms with Gasteiger partial charge in [0.15, 0.2) is 24.1 Å². The number of aliphatic hydroxyl groups is 8. The summed E-state index contributed by atoms with van der Waals surface area (Å²) in [4.78, 5) is 13.0. The Kier molecular flexibility index (Phi) is 10.9. The van der Waals surface area contributed by atoms with Crippen LogP contribution >= 0.6 is 0 Å². The van der Waals surface area contributed by atoms with Gasteiger partial charge in [-0.05, 0) is 38.1 Å². The Bertz CT molecular complexity index is 1710. The van der Waals surface area contributed by atoms with Crippen LogP contribution in [0.4, 0.5) is 0 Å². The van der Waals surface area contributed by atoms with Crippen LogP contribution in [0.25, 0.3) is 22.3 Å². The summed E-state index contributed by atoms with van der Waals surface area (Å²) in [7, 11) is 0. The highest BCUT2D eigenvalue weighted by molar-refractivity contribution is 5.86. The lowest BCUT2D eigenvalue weighted by Gasteiger charge is -2.46. The van der Waals surface area contributed by atoms with E-state index in [4.69, 9.17) is 32.8 Å². The molecule has 0 aliphatic carbocycles. The summed E-state index contributed by atoms with van der Waals surface area (Å²) < 4.78 is 40.1. The summed E-state index contributed by atoms with van der Waals surface area (Å²) in [5.41, 5.74) is -0.311. The van der Waals surface area contributed by atoms with Gasteiger partial charge in [-0.3, -0.25) is 4.79 Å². The molecule has 6 rings (SSSR count). The Labute approximate surface area is 288 Å². The molecule has 0 radical (unpaired) electrons. The molecule has 1 aromatic heterocycles. The van der Waals surface area contributed by atoms with Gasteiger partial charge in [-0.1, -0.05) is 0 Å². The van der Waals surface area contributed by atoms with Gasteiger partial charge in [0, 0.05) is 23.8 Å². The Morgan fingerprint density at radius 1 is 0.667 bits per heavy atom. The number of benzene rings is 2. The van der Waals surface area contributed by atoms with Crippen LogP contribution < -0.4 is 10.2 Å². The van der Waals surface area contributed by atoms with Crippen molar-refractivity contribution in [2.24, 2.45) is 0 Å². The average Bonchev–Trinajstić information content (AvgIpc) is 3.09. The zero-order chi connectivity index (χ0) is 36.9. The predicted molar refractivity (Wildman–Crippen MR) is 168 cm³/mol. The molecular formula is C33H40O18. The molecule has 3 saturated heterocycles. The van der Waals surface area contributed by atoms with Crippen LogP contribution in [0.3, 0.4) is 0 Å². The number of aliphatic hydroxyl groups excluding tert-OH is 8. The normalized spacial score (nSPS) is 38.8. The second kappa shape index (κ2) is 14.9. The molecule has 0 saturated carbocycles. The lowest BCUT2D eigenvalue weighted by molar-refractivity contribution is -0.360. The van der Waals surface area contributed by atoms with Gasteiger partial charge in [0.25, 0.3) is 0 Å². The van der Waals surface area contributed by atoms with Crippen molar-refractivity contribution in [2.45, 2.75) is 106 Å². The Morgan fingerprint density at radius 2 is 1.27 bits per heavy atom. The maximum absolute atomic E-state index is 13.0. The van der Waals surface area contributed by atoms with Crippen molar-refractivity contribution in [2.75, 3.05) is 6.61 Å². The third kappa shape index (κ3) is 7.42. The average molecular weight is 725 g/mol. The SMILES string of the molecule is C[C@@H]1OC(OCC2OC(Oc3cc(O)c4c(=O)cc(-c5ccc(O)cc5)oc4c3)[C@H](O[C@@H]3O[C@@H](C)C(O)C(O)[C@H]3O)[C@@H](O)[C@@H]2O)[C@H](O)C(O)C1O. The molecule has 15 atom stereocenters. The fourth-order valence-corrected chi connectivity index (χ4v) is 6.12. The highest BCUT2D eigenvalue weighted by Crippen LogP contribution is 2.35. The molecule has 18 heteroatoms. The number of hydrogen-bond donors (Lipinski definition) is 10. The number of fused-ring (bicyclic) bond motifs is 1. The van der Waals surface area contributed by atoms with Crippen molar-refractivity contribution < 1.29 is 83.9 Å². The Balaban J connectivity index is 1.30. The van der Waals surface area contributed by atoms with E-state index >= 15 is 0 Å². The first-order valence-electron chi connectivity index (χ1n) is 16.1. The fraction of sp³-hybridized carbons (Fsp3) is 0.545. The molecule has 0 bridgehead atoms. The molecular weight excluding hydrogens is 684 g/mol. The molecule has 18 nitrogen and oxygen atoms in total. The van der Waals surface area contributed by atoms with Gasteiger partial charge in [0.05, 0.1) is 18.8 Å². The summed E-state index contributed by atoms with van der Waals surface area (Å²) >= 11 is 0. The van der Waals surface area contributed by atoms with Crippen molar-refractivity contribution in [3.8, 4) is 28.6 Å². The molecule has 3 aromatic rings. The van der Waals surface area contributed by atoms with Crippen molar-refractivity contribution in [3.63, 3.8) is 0 Å². The summed E-state index contributed by atoms with van der Waals surface area (Å²) in [5, 5.41) is 104. The van der Waals surface area contributed by atoms with E-state index in [0.717, 1.165) is 12.1 Å². The van der Waals surface area contributed by atoms with Crippen LogP contribution in [0.15, 0.2) is 51.7 Å². The van der Waals surface area contributed by atoms with E-state index in [-0.39, 0.29) is 28.2 Å². The van der Waals surface area contributed by atoms with Gasteiger partial charge in [0.1, 0.15) is 88.9 Å². The molecule has 10 N–H and O–H groups in total. The maximum atomic E-state index is 13.0. The number of phenolic OH excluding ortho intramolecular Hbond substituents is 2. The van der Waals surface area contributed by atoms with Crippen LogP contribution in [-0.4, -0.2) is 150 Å². The van der Waals surface area contributed by atoms with Gasteiger partial charge in [-0.2, -0.15) is 0 Å². The molecule has 4 heterocycles. The number of hydrogen-bond acceptors (Lipinski definition) is 18. The molecule has 0 amide bonds. The lowest BCUT2D eigenvalue weighted by atomic mass is 9.97. The van der Waals surface area contributed by atoms with E-state index in [1.54, 1.807) is 0 Å². The predicted octanol–water partition coefficient (Wildman–Crippen LogP) is -2.25. The van der Waals surface area contributed by atoms with Gasteiger partial charge in [-0.15, -0.1) is 0 Å². The van der Waals surface area contributed by atoms with Crippen molar-refractivity contribution in [1.82, 2.24) is 0 Å². The van der Waals surface area contributed by atoms with Gasteiger partial charge < -0.3 is 83.9 Å². The Morgan fingerprint density at radius 3 is 1.92 bits per heavy atom. The molecule has 7 unspecified atom stereocenters. The second-order valence-electron chi connectivity index (χ2n) is 12.8. The molecule has 2 aromatic carbocycles. The summed E-state index contributed by atoms with van der Waals surface area (Å²) in [6, 6.07) is 9.22. The first-order valence-corrected chi connectivity index (χ1v) is 16.1. The zero-order valence-corrected chi connectivity index (χ0v) is 27.1. The van der Waals surface area contributed by atoms with Gasteiger partial charge >= 0.3 is 0 Å². The van der Waals surface area contributed by atoms with Crippen molar-refractivity contribution in [3.05, 3.63) is 52.7 Å². The van der Waals surface area contributed by atoms with E-state index in [2.05, 4.69) is 0 Å². The van der Waals surface area contributed by atoms with Crippen LogP contribution in [0.2, 0.25) is 0 Å². The molecule has 3 aliphatic rings. The highest BCUT2D eigenvalue weighted by atomic mass is 16.8. The lowest BCUT2D eigenvalue weighted by Crippen LogP contribution is -2.65. The van der Waals surface area contributed by atoms with Crippen LogP contribution in [0.5, 0.6) is 17.2 Å². The highest BCUT2D eigenvalue weighted by Gasteiger charge is 2.52. The smallest absolute Gasteiger partial charge is 0.229 e. The van der Waals surface area contributed by atoms with Crippen LogP contribution in [0, 0.1) is 0 Å². The standard InChI is InChI=1S/C33H40O18/c1-11-22(37)25(40)28(43)31(46-11)45-10-20-24(39)27(42)30(51-32-29(44)26(41)23(38)12(2)47-32)33(50-20)48-15-7-16(35)21-17(36)9-18(49-19(21)8-15)13-3-5-14(34)6-4-13/h3-9,11-12,20,22-35,37-44H,10H2,1-2H3/t11-,12-,20?,22?,23?,24+,25?,26?,27-,28+,29+,30+,31?,32-,33?/m0/s1. The fourth-order valence-electron chi connectivity index (χ4n) is 6.12. The Hall–Kier alpha value is -3.47. The molecule has 3 fully saturated rings. The van der Waals surface area contributed by atoms with Crippen LogP contribution in [0.1, 0.15) is 13.8 Å². The molecule has 0 spiro atoms. The largest absolute Gasteiger partial charge is 0.508 e. The van der Waals surface area contributed by atoms with E-state index < -0.39 is 110 Å². The second-order valence-corrected chi connectivity index (χ2v) is 12.8. The maximum Gasteiger partial charge on any atom is 0.229 e. The third-order valence-electron chi connectivity index (χ3n) is 9.16. The summed E-state index contributed by atoms with van der Waals surface area (Å²) in [6.45, 7) is 2.25.